The molecule has 2 N–H and O–H groups in total. The molecular weight excluding hydrogens is 1960 g/mol. The smallest absolute Gasteiger partial charge is 0.0134 e. The second-order valence-corrected chi connectivity index (χ2v) is 38.2. The summed E-state index contributed by atoms with van der Waals surface area (Å²) in [6.07, 6.45) is 14.7. The van der Waals surface area contributed by atoms with Crippen LogP contribution < -0.4 is 42.3 Å². The fourth-order valence-corrected chi connectivity index (χ4v) is 21.1. The monoisotopic (exact) mass is 2030 g/mol. The SMILES string of the molecule is Brc1cnc2c(c1)c(-c1cnn(C(c3ccccc3)(c3ccccc3)c3ccccc3)c1)cn2OOSc1ccccc1.Cn1cc(I)c2cc(Br)cnc21.OB(O)c1cnn(C(c2ccccc2)(c2ccccc2)c2ccccc2)c1.[Cl][Pd][Cl].c1ccc(P(c2ccccc2)c2ccccc2)cc1.c1ccc(P(c2ccccc2)c2ccccc2)cc1. The molecule has 0 aliphatic heterocycles. The van der Waals surface area contributed by atoms with Crippen LogP contribution in [0.1, 0.15) is 33.4 Å². The van der Waals surface area contributed by atoms with Crippen LogP contribution in [0.3, 0.4) is 0 Å². The van der Waals surface area contributed by atoms with Crippen LogP contribution in [0.25, 0.3) is 33.2 Å². The van der Waals surface area contributed by atoms with Crippen LogP contribution in [0.15, 0.2) is 470 Å². The van der Waals surface area contributed by atoms with Crippen LogP contribution >= 0.6 is 101 Å². The Hall–Kier alpha value is -10.5. The van der Waals surface area contributed by atoms with Crippen LogP contribution in [0.4, 0.5) is 0 Å². The summed E-state index contributed by atoms with van der Waals surface area (Å²) in [7, 11) is 9.17. The van der Waals surface area contributed by atoms with Gasteiger partial charge in [0.1, 0.15) is 16.7 Å². The van der Waals surface area contributed by atoms with Gasteiger partial charge in [0, 0.05) is 89.0 Å². The zero-order valence-electron chi connectivity index (χ0n) is 66.2. The maximum Gasteiger partial charge on any atom is -0.0134 e. The van der Waals surface area contributed by atoms with Crippen LogP contribution in [0.5, 0.6) is 0 Å². The first-order valence-corrected chi connectivity index (χ1v) is 49.1. The molecule has 6 aromatic heterocycles. The first-order valence-electron chi connectivity index (χ1n) is 39.0. The zero-order chi connectivity index (χ0) is 85.0. The van der Waals surface area contributed by atoms with E-state index < -0.39 is 34.0 Å². The zero-order valence-corrected chi connectivity index (χ0v) is 77.2. The summed E-state index contributed by atoms with van der Waals surface area (Å²) in [4.78, 5) is 15.6. The molecule has 12 nitrogen and oxygen atoms in total. The first kappa shape index (κ1) is 88.8. The molecule has 6 heterocycles. The largest absolute Gasteiger partial charge is 0.0622 e. The molecule has 0 spiro atoms. The van der Waals surface area contributed by atoms with Gasteiger partial charge in [0.05, 0.1) is 24.4 Å². The Morgan fingerprint density at radius 2 is 0.675 bits per heavy atom. The van der Waals surface area contributed by atoms with Gasteiger partial charge in [0.2, 0.25) is 0 Å². The van der Waals surface area contributed by atoms with Gasteiger partial charge in [-0.1, -0.05) is 387 Å². The van der Waals surface area contributed by atoms with Gasteiger partial charge in [-0.15, -0.1) is 4.73 Å². The summed E-state index contributed by atoms with van der Waals surface area (Å²) in [5.41, 5.74) is 8.77. The number of pyridine rings is 2. The van der Waals surface area contributed by atoms with Crippen molar-refractivity contribution in [3.05, 3.63) is 502 Å². The third-order valence-corrected chi connectivity index (χ3v) is 27.2. The van der Waals surface area contributed by atoms with Crippen molar-refractivity contribution in [2.24, 2.45) is 7.05 Å². The Balaban J connectivity index is 0.000000133. The number of fused-ring (bicyclic) bond motifs is 2. The van der Waals surface area contributed by atoms with E-state index >= 15 is 0 Å². The third-order valence-electron chi connectivity index (χ3n) is 20.0. The fraction of sp³-hybridized carbons (Fsp3) is 0.0297. The molecule has 0 saturated carbocycles. The van der Waals surface area contributed by atoms with E-state index in [-0.39, 0.29) is 15.9 Å². The van der Waals surface area contributed by atoms with Crippen molar-refractivity contribution in [1.29, 1.82) is 0 Å². The van der Waals surface area contributed by atoms with Gasteiger partial charge in [0.15, 0.2) is 5.65 Å². The van der Waals surface area contributed by atoms with Crippen LogP contribution in [-0.4, -0.2) is 56.0 Å². The Labute approximate surface area is 770 Å². The molecule has 0 unspecified atom stereocenters. The van der Waals surface area contributed by atoms with Crippen molar-refractivity contribution < 1.29 is 35.3 Å². The Bertz CT molecular complexity index is 5900. The summed E-state index contributed by atoms with van der Waals surface area (Å²) in [5.74, 6) is 0. The molecule has 13 aromatic carbocycles. The van der Waals surface area contributed by atoms with Crippen LogP contribution in [0.2, 0.25) is 0 Å². The van der Waals surface area contributed by atoms with Crippen molar-refractivity contribution in [3.8, 4) is 11.1 Å². The Morgan fingerprint density at radius 1 is 0.382 bits per heavy atom. The van der Waals surface area contributed by atoms with Gasteiger partial charge in [-0.3, -0.25) is 9.36 Å². The number of halogens is 5. The standard InChI is InChI=1S/C35H25BrN4O2S.C22H19BN2O2.2C18H15P.C8H6BrIN2.2ClH.Pd/c36-30-21-32-33(25-39(34(32)37-23-30)41-42-43-31-19-11-4-12-20-31)26-22-38-40(24-26)35(27-13-5-1-6-14-27,28-15-7-2-8-16-28)29-17-9-3-10-18-29;26-23(27)21-16-24-25(17-21)22(18-10-4-1-5-11-18,19-12-6-2-7-13-19)20-14-8-3-9-15-20;2*1-4-10-16(11-5-1)19(17-12-6-2-7-13-17)18-14-8-3-9-15-18;1-12-4-7(10)6-2-5(9)3-11-8(6)12;;;/h1-25H;1-17,26-27H;2*1-15H;2-4H,1H3;2*1H;/q;;;;;;;+2/p-2. The summed E-state index contributed by atoms with van der Waals surface area (Å²) < 4.78 is 16.1. The van der Waals surface area contributed by atoms with Crippen molar-refractivity contribution in [1.82, 2.24) is 38.8 Å². The summed E-state index contributed by atoms with van der Waals surface area (Å²) >= 11 is 10.3. The summed E-state index contributed by atoms with van der Waals surface area (Å²) in [6.45, 7) is 0. The number of aromatic nitrogens is 8. The Kier molecular flexibility index (Phi) is 32.3. The number of aryl methyl sites for hydroxylation is 1. The molecule has 0 atom stereocenters. The van der Waals surface area contributed by atoms with Crippen molar-refractivity contribution in [2.75, 3.05) is 0 Å². The molecule has 22 heteroatoms. The van der Waals surface area contributed by atoms with E-state index in [4.69, 9.17) is 33.5 Å². The maximum absolute atomic E-state index is 9.62. The molecular formula is C101H80BBr2Cl2IN8O4P2PdS. The second-order valence-electron chi connectivity index (χ2n) is 27.7. The fourth-order valence-electron chi connectivity index (χ4n) is 14.6. The number of hydrogen-bond acceptors (Lipinski definition) is 9. The first-order chi connectivity index (χ1) is 60.5. The minimum Gasteiger partial charge on any atom is -0.0622 e. The molecule has 612 valence electrons. The van der Waals surface area contributed by atoms with E-state index in [1.165, 1.54) is 47.0 Å². The summed E-state index contributed by atoms with van der Waals surface area (Å²) in [6, 6.07) is 140. The maximum atomic E-state index is 9.62. The molecule has 19 rings (SSSR count). The van der Waals surface area contributed by atoms with E-state index in [1.54, 1.807) is 17.1 Å². The number of nitrogens with zero attached hydrogens (tertiary/aromatic N) is 8. The average Bonchev–Trinajstić information content (AvgIpc) is 1.73. The van der Waals surface area contributed by atoms with E-state index in [0.29, 0.717) is 11.1 Å². The molecule has 0 fully saturated rings. The molecule has 0 amide bonds. The molecule has 0 radical (unpaired) electrons. The second kappa shape index (κ2) is 44.7. The minimum atomic E-state index is -1.57. The molecule has 123 heavy (non-hydrogen) atoms. The molecule has 19 aromatic rings. The number of rotatable bonds is 20. The van der Waals surface area contributed by atoms with Gasteiger partial charge in [-0.25, -0.2) is 15.0 Å². The van der Waals surface area contributed by atoms with E-state index in [1.807, 2.05) is 144 Å². The van der Waals surface area contributed by atoms with Gasteiger partial charge < -0.3 is 14.6 Å². The summed E-state index contributed by atoms with van der Waals surface area (Å²) in [5, 5.41) is 39.3. The molecule has 0 aliphatic carbocycles. The van der Waals surface area contributed by atoms with Crippen molar-refractivity contribution in [3.63, 3.8) is 0 Å². The van der Waals surface area contributed by atoms with E-state index in [0.717, 1.165) is 81.4 Å². The van der Waals surface area contributed by atoms with Crippen LogP contribution in [0, 0.1) is 3.57 Å². The predicted molar refractivity (Wildman–Crippen MR) is 523 cm³/mol. The van der Waals surface area contributed by atoms with Gasteiger partial charge in [-0.05, 0) is 160 Å². The Morgan fingerprint density at radius 3 is 1.00 bits per heavy atom. The average molecular weight is 2040 g/mol. The van der Waals surface area contributed by atoms with Crippen LogP contribution in [-0.2, 0) is 38.4 Å². The van der Waals surface area contributed by atoms with Gasteiger partial charge in [0.25, 0.3) is 0 Å². The normalized spacial score (nSPS) is 11.0. The van der Waals surface area contributed by atoms with Crippen molar-refractivity contribution in [2.45, 2.75) is 16.0 Å². The molecule has 0 saturated heterocycles. The molecule has 0 aliphatic rings. The van der Waals surface area contributed by atoms with Gasteiger partial charge in [-0.2, -0.15) is 10.2 Å². The van der Waals surface area contributed by atoms with E-state index in [9.17, 15) is 10.0 Å². The quantitative estimate of drug-likeness (QED) is 0.0146. The van der Waals surface area contributed by atoms with Gasteiger partial charge >= 0.3 is 42.1 Å². The predicted octanol–water partition coefficient (Wildman–Crippen LogP) is 22.2. The number of benzene rings is 13. The van der Waals surface area contributed by atoms with E-state index in [2.05, 4.69) is 384 Å². The molecule has 0 bridgehead atoms. The topological polar surface area (TPSA) is 130 Å². The third kappa shape index (κ3) is 21.8. The van der Waals surface area contributed by atoms with Crippen molar-refractivity contribution >= 4 is 168 Å². The number of hydrogen-bond donors (Lipinski definition) is 2. The minimum absolute atomic E-state index is 0.106.